The van der Waals surface area contributed by atoms with Crippen LogP contribution in [-0.4, -0.2) is 108 Å². The number of hydrogen-bond donors (Lipinski definition) is 0. The van der Waals surface area contributed by atoms with Crippen molar-refractivity contribution in [3.63, 3.8) is 0 Å². The maximum absolute atomic E-state index is 14.2. The molecule has 7 rings (SSSR count). The third-order valence-corrected chi connectivity index (χ3v) is 12.2. The Bertz CT molecular complexity index is 1350. The molecule has 0 bridgehead atoms. The highest BCUT2D eigenvalue weighted by Crippen LogP contribution is 2.42. The summed E-state index contributed by atoms with van der Waals surface area (Å²) in [5, 5.41) is 0. The molecule has 1 spiro atoms. The number of ether oxygens (including phenoxy) is 2. The fourth-order valence-corrected chi connectivity index (χ4v) is 9.29. The van der Waals surface area contributed by atoms with Crippen LogP contribution in [0.3, 0.4) is 0 Å². The SMILES string of the molecule is CCCCC1CN(CC2CCCCC2)C(=O)OC12CCN(C1CCN(C(=O)c3cc(-n4cccc4)ccc3N3CCOCC3)CC1)CC2. The van der Waals surface area contributed by atoms with E-state index in [9.17, 15) is 9.59 Å². The zero-order chi connectivity index (χ0) is 32.9. The summed E-state index contributed by atoms with van der Waals surface area (Å²) >= 11 is 0. The fourth-order valence-electron chi connectivity index (χ4n) is 9.29. The number of anilines is 1. The van der Waals surface area contributed by atoms with E-state index in [-0.39, 0.29) is 17.6 Å². The monoisotopic (exact) mass is 659 g/mol. The molecule has 5 aliphatic rings. The summed E-state index contributed by atoms with van der Waals surface area (Å²) < 4.78 is 14.2. The molecule has 2 aromatic rings. The lowest BCUT2D eigenvalue weighted by atomic mass is 9.75. The van der Waals surface area contributed by atoms with Crippen molar-refractivity contribution in [3.8, 4) is 5.69 Å². The Labute approximate surface area is 287 Å². The first kappa shape index (κ1) is 33.5. The summed E-state index contributed by atoms with van der Waals surface area (Å²) in [6.07, 6.45) is 17.8. The second-order valence-corrected chi connectivity index (χ2v) is 15.1. The zero-order valence-corrected chi connectivity index (χ0v) is 29.2. The summed E-state index contributed by atoms with van der Waals surface area (Å²) in [6.45, 7) is 10.5. The lowest BCUT2D eigenvalue weighted by Gasteiger charge is -2.52. The molecule has 9 nitrogen and oxygen atoms in total. The number of likely N-dealkylation sites (tertiary alicyclic amines) is 2. The van der Waals surface area contributed by atoms with Crippen molar-refractivity contribution >= 4 is 17.7 Å². The van der Waals surface area contributed by atoms with Gasteiger partial charge in [-0.1, -0.05) is 39.0 Å². The fraction of sp³-hybridized carbons (Fsp3) is 0.692. The van der Waals surface area contributed by atoms with Gasteiger partial charge in [-0.05, 0) is 68.4 Å². The van der Waals surface area contributed by atoms with Crippen molar-refractivity contribution in [1.29, 1.82) is 0 Å². The number of hydrogen-bond acceptors (Lipinski definition) is 6. The summed E-state index contributed by atoms with van der Waals surface area (Å²) in [5.74, 6) is 1.19. The number of nitrogens with zero attached hydrogens (tertiary/aromatic N) is 5. The van der Waals surface area contributed by atoms with Crippen LogP contribution in [0.2, 0.25) is 0 Å². The van der Waals surface area contributed by atoms with E-state index < -0.39 is 0 Å². The zero-order valence-electron chi connectivity index (χ0n) is 29.2. The Kier molecular flexibility index (Phi) is 10.6. The number of amides is 2. The minimum absolute atomic E-state index is 0.0640. The van der Waals surface area contributed by atoms with Gasteiger partial charge >= 0.3 is 6.09 Å². The van der Waals surface area contributed by atoms with Crippen molar-refractivity contribution in [2.75, 3.05) is 70.5 Å². The van der Waals surface area contributed by atoms with E-state index in [4.69, 9.17) is 9.47 Å². The van der Waals surface area contributed by atoms with E-state index in [1.54, 1.807) is 0 Å². The average Bonchev–Trinajstić information content (AvgIpc) is 3.69. The van der Waals surface area contributed by atoms with Crippen LogP contribution in [0.25, 0.3) is 5.69 Å². The van der Waals surface area contributed by atoms with E-state index in [0.717, 1.165) is 101 Å². The predicted molar refractivity (Wildman–Crippen MR) is 189 cm³/mol. The van der Waals surface area contributed by atoms with Gasteiger partial charge in [0.2, 0.25) is 0 Å². The molecule has 1 atom stereocenters. The first-order valence-corrected chi connectivity index (χ1v) is 19.1. The molecule has 1 unspecified atom stereocenters. The van der Waals surface area contributed by atoms with Crippen LogP contribution in [0.5, 0.6) is 0 Å². The molecule has 4 saturated heterocycles. The molecule has 4 aliphatic heterocycles. The molecular weight excluding hydrogens is 602 g/mol. The van der Waals surface area contributed by atoms with Crippen LogP contribution in [-0.2, 0) is 9.47 Å². The molecule has 262 valence electrons. The molecule has 1 aromatic carbocycles. The van der Waals surface area contributed by atoms with E-state index in [1.807, 2.05) is 24.5 Å². The first-order chi connectivity index (χ1) is 23.5. The molecule has 1 aliphatic carbocycles. The quantitative estimate of drug-likeness (QED) is 0.303. The highest BCUT2D eigenvalue weighted by atomic mass is 16.6. The molecule has 0 N–H and O–H groups in total. The Morgan fingerprint density at radius 3 is 2.35 bits per heavy atom. The van der Waals surface area contributed by atoms with Gasteiger partial charge in [0, 0.05) is 101 Å². The van der Waals surface area contributed by atoms with Crippen molar-refractivity contribution in [2.24, 2.45) is 11.8 Å². The molecule has 5 heterocycles. The largest absolute Gasteiger partial charge is 0.442 e. The number of benzene rings is 1. The smallest absolute Gasteiger partial charge is 0.410 e. The van der Waals surface area contributed by atoms with Gasteiger partial charge in [0.15, 0.2) is 0 Å². The highest BCUT2D eigenvalue weighted by molar-refractivity contribution is 6.00. The summed E-state index contributed by atoms with van der Waals surface area (Å²) in [4.78, 5) is 36.7. The molecule has 9 heteroatoms. The van der Waals surface area contributed by atoms with E-state index in [0.29, 0.717) is 31.1 Å². The maximum Gasteiger partial charge on any atom is 0.410 e. The summed E-state index contributed by atoms with van der Waals surface area (Å²) in [6, 6.07) is 10.8. The second kappa shape index (κ2) is 15.2. The predicted octanol–water partition coefficient (Wildman–Crippen LogP) is 6.59. The third-order valence-electron chi connectivity index (χ3n) is 12.2. The van der Waals surface area contributed by atoms with Crippen molar-refractivity contribution < 1.29 is 19.1 Å². The second-order valence-electron chi connectivity index (χ2n) is 15.1. The van der Waals surface area contributed by atoms with Crippen LogP contribution < -0.4 is 4.90 Å². The van der Waals surface area contributed by atoms with Crippen molar-refractivity contribution in [1.82, 2.24) is 19.3 Å². The molecule has 1 aromatic heterocycles. The standard InChI is InChI=1S/C39H57N5O4/c1-2-3-11-32-30-44(29-31-9-5-4-6-10-31)38(46)48-39(32)16-22-41(23-17-39)33-14-20-43(21-15-33)37(45)35-28-34(40-18-7-8-19-40)12-13-36(35)42-24-26-47-27-25-42/h7-8,12-13,18-19,28,31-33H,2-6,9-11,14-17,20-27,29-30H2,1H3. The molecule has 2 amide bonds. The van der Waals surface area contributed by atoms with Gasteiger partial charge in [-0.2, -0.15) is 0 Å². The number of aromatic nitrogens is 1. The van der Waals surface area contributed by atoms with Gasteiger partial charge in [-0.15, -0.1) is 0 Å². The average molecular weight is 660 g/mol. The Balaban J connectivity index is 0.971. The normalized spacial score (nSPS) is 24.6. The third kappa shape index (κ3) is 7.28. The van der Waals surface area contributed by atoms with Gasteiger partial charge in [-0.25, -0.2) is 4.79 Å². The van der Waals surface area contributed by atoms with Gasteiger partial charge in [0.05, 0.1) is 18.8 Å². The van der Waals surface area contributed by atoms with E-state index in [1.165, 1.54) is 44.9 Å². The highest BCUT2D eigenvalue weighted by Gasteiger charge is 2.50. The van der Waals surface area contributed by atoms with Crippen LogP contribution >= 0.6 is 0 Å². The topological polar surface area (TPSA) is 70.5 Å². The Hall–Kier alpha value is -3.04. The molecule has 1 saturated carbocycles. The molecule has 5 fully saturated rings. The molecule has 0 radical (unpaired) electrons. The van der Waals surface area contributed by atoms with Crippen LogP contribution in [0.15, 0.2) is 42.7 Å². The van der Waals surface area contributed by atoms with Crippen LogP contribution in [0.1, 0.15) is 94.3 Å². The van der Waals surface area contributed by atoms with Crippen molar-refractivity contribution in [3.05, 3.63) is 48.3 Å². The Morgan fingerprint density at radius 2 is 1.65 bits per heavy atom. The molecule has 48 heavy (non-hydrogen) atoms. The minimum atomic E-state index is -0.316. The van der Waals surface area contributed by atoms with Gasteiger partial charge in [0.25, 0.3) is 5.91 Å². The number of morpholine rings is 1. The van der Waals surface area contributed by atoms with E-state index >= 15 is 0 Å². The lowest BCUT2D eigenvalue weighted by molar-refractivity contribution is -0.127. The minimum Gasteiger partial charge on any atom is -0.442 e. The maximum atomic E-state index is 14.2. The lowest BCUT2D eigenvalue weighted by Crippen LogP contribution is -2.61. The van der Waals surface area contributed by atoms with Crippen LogP contribution in [0, 0.1) is 11.8 Å². The van der Waals surface area contributed by atoms with Crippen molar-refractivity contribution in [2.45, 2.75) is 95.6 Å². The van der Waals surface area contributed by atoms with Gasteiger partial charge in [-0.3, -0.25) is 9.69 Å². The number of piperidine rings is 2. The number of unbranched alkanes of at least 4 members (excludes halogenated alkanes) is 1. The molecular formula is C39H57N5O4. The van der Waals surface area contributed by atoms with E-state index in [2.05, 4.69) is 49.3 Å². The number of rotatable bonds is 9. The summed E-state index contributed by atoms with van der Waals surface area (Å²) in [5.41, 5.74) is 2.49. The first-order valence-electron chi connectivity index (χ1n) is 19.1. The Morgan fingerprint density at radius 1 is 0.917 bits per heavy atom. The van der Waals surface area contributed by atoms with Gasteiger partial charge in [0.1, 0.15) is 5.60 Å². The number of carbonyl (C=O) groups excluding carboxylic acids is 2. The van der Waals surface area contributed by atoms with Gasteiger partial charge < -0.3 is 28.7 Å². The summed E-state index contributed by atoms with van der Waals surface area (Å²) in [7, 11) is 0. The van der Waals surface area contributed by atoms with Crippen LogP contribution in [0.4, 0.5) is 10.5 Å². The number of carbonyl (C=O) groups is 2.